The topological polar surface area (TPSA) is 67.0 Å². The molecule has 0 aliphatic carbocycles. The van der Waals surface area contributed by atoms with Gasteiger partial charge >= 0.3 is 0 Å². The molecule has 1 aromatic heterocycles. The van der Waals surface area contributed by atoms with Gasteiger partial charge in [-0.05, 0) is 19.1 Å². The average Bonchev–Trinajstić information content (AvgIpc) is 2.37. The number of rotatable bonds is 4. The molecule has 0 unspecified atom stereocenters. The fourth-order valence-corrected chi connectivity index (χ4v) is 1.60. The smallest absolute Gasteiger partial charge is 0.271 e. The van der Waals surface area contributed by atoms with Gasteiger partial charge in [-0.1, -0.05) is 23.7 Å². The Hall–Kier alpha value is -2.01. The maximum atomic E-state index is 11.3. The van der Waals surface area contributed by atoms with Gasteiger partial charge in [-0.25, -0.2) is 4.98 Å². The van der Waals surface area contributed by atoms with Crippen molar-refractivity contribution in [1.82, 2.24) is 9.97 Å². The van der Waals surface area contributed by atoms with Crippen LogP contribution < -0.4 is 15.6 Å². The Balaban J connectivity index is 2.34. The van der Waals surface area contributed by atoms with Crippen molar-refractivity contribution in [3.63, 3.8) is 0 Å². The average molecular weight is 266 g/mol. The van der Waals surface area contributed by atoms with Gasteiger partial charge in [0.25, 0.3) is 5.56 Å². The van der Waals surface area contributed by atoms with Crippen LogP contribution in [0, 0.1) is 0 Å². The maximum absolute atomic E-state index is 11.3. The van der Waals surface area contributed by atoms with E-state index >= 15 is 0 Å². The number of nitrogens with zero attached hydrogens (tertiary/aromatic N) is 1. The molecule has 0 saturated heterocycles. The van der Waals surface area contributed by atoms with Crippen molar-refractivity contribution in [3.05, 3.63) is 46.0 Å². The van der Waals surface area contributed by atoms with Gasteiger partial charge < -0.3 is 15.0 Å². The molecule has 0 amide bonds. The van der Waals surface area contributed by atoms with Gasteiger partial charge in [-0.3, -0.25) is 4.79 Å². The molecule has 0 spiro atoms. The summed E-state index contributed by atoms with van der Waals surface area (Å²) in [7, 11) is 0. The van der Waals surface area contributed by atoms with Gasteiger partial charge in [0, 0.05) is 0 Å². The maximum Gasteiger partial charge on any atom is 0.271 e. The molecule has 0 saturated carbocycles. The molecule has 2 rings (SSSR count). The summed E-state index contributed by atoms with van der Waals surface area (Å²) in [6, 6.07) is 7.37. The fraction of sp³-hybridized carbons (Fsp3) is 0.167. The van der Waals surface area contributed by atoms with E-state index in [4.69, 9.17) is 16.3 Å². The Labute approximate surface area is 109 Å². The van der Waals surface area contributed by atoms with E-state index in [0.717, 1.165) is 0 Å². The van der Waals surface area contributed by atoms with Gasteiger partial charge in [0.05, 0.1) is 18.6 Å². The van der Waals surface area contributed by atoms with E-state index in [1.165, 1.54) is 6.33 Å². The zero-order valence-electron chi connectivity index (χ0n) is 9.74. The van der Waals surface area contributed by atoms with Gasteiger partial charge in [0.1, 0.15) is 10.8 Å². The number of H-pyrrole nitrogens is 1. The SMILES string of the molecule is CCOc1ccccc1Nc1nc[nH]c(=O)c1Cl. The normalized spacial score (nSPS) is 10.1. The van der Waals surface area contributed by atoms with Crippen molar-refractivity contribution in [2.24, 2.45) is 0 Å². The number of aromatic amines is 1. The summed E-state index contributed by atoms with van der Waals surface area (Å²) >= 11 is 5.86. The third-order valence-corrected chi connectivity index (χ3v) is 2.59. The van der Waals surface area contributed by atoms with E-state index in [9.17, 15) is 4.79 Å². The molecule has 18 heavy (non-hydrogen) atoms. The summed E-state index contributed by atoms with van der Waals surface area (Å²) in [5, 5.41) is 3.00. The number of halogens is 1. The second kappa shape index (κ2) is 5.55. The number of nitrogens with one attached hydrogen (secondary N) is 2. The van der Waals surface area contributed by atoms with Crippen molar-refractivity contribution in [1.29, 1.82) is 0 Å². The highest BCUT2D eigenvalue weighted by Crippen LogP contribution is 2.28. The van der Waals surface area contributed by atoms with Crippen molar-refractivity contribution in [2.45, 2.75) is 6.92 Å². The molecule has 0 fully saturated rings. The molecule has 1 aromatic carbocycles. The summed E-state index contributed by atoms with van der Waals surface area (Å²) in [5.74, 6) is 0.978. The molecule has 2 aromatic rings. The van der Waals surface area contributed by atoms with Crippen molar-refractivity contribution < 1.29 is 4.74 Å². The molecular formula is C12H12ClN3O2. The number of ether oxygens (including phenoxy) is 1. The lowest BCUT2D eigenvalue weighted by Gasteiger charge is -2.11. The van der Waals surface area contributed by atoms with Crippen molar-refractivity contribution in [3.8, 4) is 5.75 Å². The van der Waals surface area contributed by atoms with Gasteiger partial charge in [0.2, 0.25) is 0 Å². The van der Waals surface area contributed by atoms with Crippen LogP contribution in [0.4, 0.5) is 11.5 Å². The highest BCUT2D eigenvalue weighted by atomic mass is 35.5. The van der Waals surface area contributed by atoms with Crippen LogP contribution in [0.25, 0.3) is 0 Å². The molecule has 94 valence electrons. The van der Waals surface area contributed by atoms with E-state index in [1.807, 2.05) is 31.2 Å². The second-order valence-corrected chi connectivity index (χ2v) is 3.83. The quantitative estimate of drug-likeness (QED) is 0.892. The van der Waals surface area contributed by atoms with Crippen LogP contribution in [0.1, 0.15) is 6.92 Å². The van der Waals surface area contributed by atoms with Crippen molar-refractivity contribution >= 4 is 23.1 Å². The molecular weight excluding hydrogens is 254 g/mol. The van der Waals surface area contributed by atoms with Gasteiger partial charge in [0.15, 0.2) is 5.82 Å². The summed E-state index contributed by atoms with van der Waals surface area (Å²) in [6.45, 7) is 2.45. The Kier molecular flexibility index (Phi) is 3.84. The molecule has 1 heterocycles. The van der Waals surface area contributed by atoms with E-state index in [1.54, 1.807) is 0 Å². The minimum absolute atomic E-state index is 0.0174. The van der Waals surface area contributed by atoms with Crippen LogP contribution in [0.3, 0.4) is 0 Å². The Bertz CT molecular complexity index is 598. The lowest BCUT2D eigenvalue weighted by Crippen LogP contribution is -2.10. The third kappa shape index (κ3) is 2.62. The van der Waals surface area contributed by atoms with Crippen LogP contribution in [0.5, 0.6) is 5.75 Å². The number of benzene rings is 1. The first-order valence-electron chi connectivity index (χ1n) is 5.44. The molecule has 5 nitrogen and oxygen atoms in total. The number of anilines is 2. The Morgan fingerprint density at radius 1 is 1.44 bits per heavy atom. The molecule has 6 heteroatoms. The minimum Gasteiger partial charge on any atom is -0.492 e. The van der Waals surface area contributed by atoms with Crippen LogP contribution in [-0.4, -0.2) is 16.6 Å². The first kappa shape index (κ1) is 12.4. The van der Waals surface area contributed by atoms with Gasteiger partial charge in [-0.2, -0.15) is 0 Å². The van der Waals surface area contributed by atoms with Crippen molar-refractivity contribution in [2.75, 3.05) is 11.9 Å². The molecule has 2 N–H and O–H groups in total. The monoisotopic (exact) mass is 265 g/mol. The van der Waals surface area contributed by atoms with E-state index < -0.39 is 0 Å². The summed E-state index contributed by atoms with van der Waals surface area (Å²) in [5.41, 5.74) is 0.322. The van der Waals surface area contributed by atoms with Crippen LogP contribution in [-0.2, 0) is 0 Å². The highest BCUT2D eigenvalue weighted by molar-refractivity contribution is 6.32. The first-order chi connectivity index (χ1) is 8.72. The molecule has 0 atom stereocenters. The number of aromatic nitrogens is 2. The molecule has 0 aliphatic heterocycles. The minimum atomic E-state index is -0.386. The molecule has 0 bridgehead atoms. The zero-order chi connectivity index (χ0) is 13.0. The van der Waals surface area contributed by atoms with Crippen LogP contribution >= 0.6 is 11.6 Å². The number of hydrogen-bond donors (Lipinski definition) is 2. The van der Waals surface area contributed by atoms with Crippen LogP contribution in [0.2, 0.25) is 5.02 Å². The Morgan fingerprint density at radius 3 is 3.00 bits per heavy atom. The van der Waals surface area contributed by atoms with Crippen LogP contribution in [0.15, 0.2) is 35.4 Å². The largest absolute Gasteiger partial charge is 0.492 e. The van der Waals surface area contributed by atoms with E-state index in [0.29, 0.717) is 23.9 Å². The molecule has 0 radical (unpaired) electrons. The zero-order valence-corrected chi connectivity index (χ0v) is 10.5. The summed E-state index contributed by atoms with van der Waals surface area (Å²) in [4.78, 5) is 17.7. The third-order valence-electron chi connectivity index (χ3n) is 2.24. The lowest BCUT2D eigenvalue weighted by molar-refractivity contribution is 0.342. The predicted molar refractivity (Wildman–Crippen MR) is 70.8 cm³/mol. The summed E-state index contributed by atoms with van der Waals surface area (Å²) < 4.78 is 5.46. The van der Waals surface area contributed by atoms with E-state index in [-0.39, 0.29) is 10.6 Å². The number of hydrogen-bond acceptors (Lipinski definition) is 4. The lowest BCUT2D eigenvalue weighted by atomic mass is 10.3. The van der Waals surface area contributed by atoms with E-state index in [2.05, 4.69) is 15.3 Å². The molecule has 0 aliphatic rings. The first-order valence-corrected chi connectivity index (χ1v) is 5.82. The fourth-order valence-electron chi connectivity index (χ4n) is 1.45. The highest BCUT2D eigenvalue weighted by Gasteiger charge is 2.08. The second-order valence-electron chi connectivity index (χ2n) is 3.45. The number of para-hydroxylation sites is 2. The standard InChI is InChI=1S/C12H12ClN3O2/c1-2-18-9-6-4-3-5-8(9)16-11-10(13)12(17)15-7-14-11/h3-7H,2H2,1H3,(H2,14,15,16,17). The summed E-state index contributed by atoms with van der Waals surface area (Å²) in [6.07, 6.45) is 1.29. The predicted octanol–water partition coefficient (Wildman–Crippen LogP) is 2.57. The van der Waals surface area contributed by atoms with Gasteiger partial charge in [-0.15, -0.1) is 0 Å². The Morgan fingerprint density at radius 2 is 2.22 bits per heavy atom.